The Morgan fingerprint density at radius 3 is 2.37 bits per heavy atom. The Hall–Kier alpha value is -1.49. The quantitative estimate of drug-likeness (QED) is 0.661. The standard InChI is InChI=1S/C16H26N6O3S.ClH/c1-14-13-15(23)22(26(24,25)19-14)8-3-2-7-20-9-11-21(12-10-20)16-17-5-4-6-18-16;/h4-6,14,19H,2-3,7-13H2,1H3;1H. The van der Waals surface area contributed by atoms with Crippen molar-refractivity contribution in [3.63, 3.8) is 0 Å². The van der Waals surface area contributed by atoms with Gasteiger partial charge in [-0.1, -0.05) is 0 Å². The molecule has 1 aromatic heterocycles. The number of carbonyl (C=O) groups excluding carboxylic acids is 1. The molecule has 1 unspecified atom stereocenters. The highest BCUT2D eigenvalue weighted by atomic mass is 35.5. The van der Waals surface area contributed by atoms with Crippen LogP contribution in [0.15, 0.2) is 18.5 Å². The van der Waals surface area contributed by atoms with Crippen molar-refractivity contribution in [1.82, 2.24) is 23.9 Å². The number of hydrogen-bond acceptors (Lipinski definition) is 7. The summed E-state index contributed by atoms with van der Waals surface area (Å²) in [5.74, 6) is 0.454. The Morgan fingerprint density at radius 1 is 1.11 bits per heavy atom. The lowest BCUT2D eigenvalue weighted by atomic mass is 10.2. The molecule has 0 bridgehead atoms. The molecule has 2 aliphatic heterocycles. The maximum Gasteiger partial charge on any atom is 0.303 e. The Labute approximate surface area is 166 Å². The van der Waals surface area contributed by atoms with Gasteiger partial charge in [-0.2, -0.15) is 13.1 Å². The summed E-state index contributed by atoms with van der Waals surface area (Å²) in [6, 6.07) is 1.48. The fourth-order valence-electron chi connectivity index (χ4n) is 3.32. The van der Waals surface area contributed by atoms with E-state index in [9.17, 15) is 13.2 Å². The topological polar surface area (TPSA) is 98.7 Å². The number of hydrogen-bond donors (Lipinski definition) is 1. The number of piperazine rings is 1. The molecule has 152 valence electrons. The summed E-state index contributed by atoms with van der Waals surface area (Å²) in [5, 5.41) is 0. The van der Waals surface area contributed by atoms with Crippen molar-refractivity contribution in [3.8, 4) is 0 Å². The first-order valence-electron chi connectivity index (χ1n) is 9.03. The average molecular weight is 419 g/mol. The molecule has 9 nitrogen and oxygen atoms in total. The smallest absolute Gasteiger partial charge is 0.303 e. The summed E-state index contributed by atoms with van der Waals surface area (Å²) < 4.78 is 27.6. The molecule has 2 saturated heterocycles. The van der Waals surface area contributed by atoms with Gasteiger partial charge < -0.3 is 4.90 Å². The first-order chi connectivity index (χ1) is 12.5. The summed E-state index contributed by atoms with van der Waals surface area (Å²) in [7, 11) is -3.67. The minimum Gasteiger partial charge on any atom is -0.338 e. The van der Waals surface area contributed by atoms with Crippen LogP contribution in [0.4, 0.5) is 5.95 Å². The lowest BCUT2D eigenvalue weighted by molar-refractivity contribution is -0.127. The van der Waals surface area contributed by atoms with Crippen LogP contribution < -0.4 is 9.62 Å². The molecule has 0 saturated carbocycles. The van der Waals surface area contributed by atoms with Gasteiger partial charge in [0, 0.05) is 57.6 Å². The number of halogens is 1. The number of nitrogens with one attached hydrogen (secondary N) is 1. The van der Waals surface area contributed by atoms with Crippen molar-refractivity contribution in [2.75, 3.05) is 44.2 Å². The first kappa shape index (κ1) is 21.8. The van der Waals surface area contributed by atoms with E-state index in [1.807, 2.05) is 6.07 Å². The highest BCUT2D eigenvalue weighted by Crippen LogP contribution is 2.14. The molecule has 1 amide bonds. The van der Waals surface area contributed by atoms with Crippen LogP contribution in [0.3, 0.4) is 0 Å². The molecule has 27 heavy (non-hydrogen) atoms. The van der Waals surface area contributed by atoms with Crippen molar-refractivity contribution in [3.05, 3.63) is 18.5 Å². The molecular weight excluding hydrogens is 392 g/mol. The fraction of sp³-hybridized carbons (Fsp3) is 0.688. The van der Waals surface area contributed by atoms with Gasteiger partial charge in [0.1, 0.15) is 0 Å². The monoisotopic (exact) mass is 418 g/mol. The van der Waals surface area contributed by atoms with E-state index in [1.54, 1.807) is 19.3 Å². The van der Waals surface area contributed by atoms with Crippen LogP contribution in [0.1, 0.15) is 26.2 Å². The molecule has 0 aromatic carbocycles. The van der Waals surface area contributed by atoms with Crippen LogP contribution in [0.2, 0.25) is 0 Å². The molecule has 1 atom stereocenters. The predicted octanol–water partition coefficient (Wildman–Crippen LogP) is 0.256. The zero-order valence-electron chi connectivity index (χ0n) is 15.5. The second-order valence-electron chi connectivity index (χ2n) is 6.78. The molecule has 0 spiro atoms. The van der Waals surface area contributed by atoms with E-state index in [-0.39, 0.29) is 37.3 Å². The second kappa shape index (κ2) is 9.63. The van der Waals surface area contributed by atoms with Gasteiger partial charge in [-0.3, -0.25) is 9.69 Å². The number of carbonyl (C=O) groups is 1. The highest BCUT2D eigenvalue weighted by molar-refractivity contribution is 7.87. The number of unbranched alkanes of at least 4 members (excludes halogenated alkanes) is 1. The normalized spacial score (nSPS) is 23.1. The SMILES string of the molecule is CC1CC(=O)N(CCCCN2CCN(c3ncccn3)CC2)S(=O)(=O)N1.Cl. The summed E-state index contributed by atoms with van der Waals surface area (Å²) in [5.41, 5.74) is 0. The van der Waals surface area contributed by atoms with Crippen LogP contribution in [-0.4, -0.2) is 78.8 Å². The van der Waals surface area contributed by atoms with Gasteiger partial charge in [0.05, 0.1) is 0 Å². The first-order valence-corrected chi connectivity index (χ1v) is 10.5. The van der Waals surface area contributed by atoms with Gasteiger partial charge in [0.15, 0.2) is 0 Å². The second-order valence-corrected chi connectivity index (χ2v) is 8.41. The zero-order valence-corrected chi connectivity index (χ0v) is 17.1. The van der Waals surface area contributed by atoms with E-state index in [0.717, 1.165) is 49.4 Å². The van der Waals surface area contributed by atoms with Crippen LogP contribution >= 0.6 is 12.4 Å². The van der Waals surface area contributed by atoms with Gasteiger partial charge in [-0.15, -0.1) is 12.4 Å². The Morgan fingerprint density at radius 2 is 1.74 bits per heavy atom. The van der Waals surface area contributed by atoms with Gasteiger partial charge in [0.2, 0.25) is 11.9 Å². The summed E-state index contributed by atoms with van der Waals surface area (Å²) in [6.07, 6.45) is 5.25. The fourth-order valence-corrected chi connectivity index (χ4v) is 4.75. The van der Waals surface area contributed by atoms with Crippen LogP contribution in [0.5, 0.6) is 0 Å². The van der Waals surface area contributed by atoms with E-state index < -0.39 is 10.2 Å². The summed E-state index contributed by atoms with van der Waals surface area (Å²) in [4.78, 5) is 25.0. The molecule has 1 aromatic rings. The van der Waals surface area contributed by atoms with Gasteiger partial charge in [-0.25, -0.2) is 14.3 Å². The number of nitrogens with zero attached hydrogens (tertiary/aromatic N) is 5. The van der Waals surface area contributed by atoms with Crippen LogP contribution in [0.25, 0.3) is 0 Å². The molecule has 3 rings (SSSR count). The number of aromatic nitrogens is 2. The van der Waals surface area contributed by atoms with Gasteiger partial charge >= 0.3 is 10.2 Å². The lowest BCUT2D eigenvalue weighted by Gasteiger charge is -2.35. The molecule has 3 heterocycles. The Kier molecular flexibility index (Phi) is 7.78. The number of anilines is 1. The van der Waals surface area contributed by atoms with Crippen molar-refractivity contribution >= 4 is 34.5 Å². The van der Waals surface area contributed by atoms with Gasteiger partial charge in [-0.05, 0) is 32.4 Å². The van der Waals surface area contributed by atoms with Crippen molar-refractivity contribution in [2.24, 2.45) is 0 Å². The summed E-state index contributed by atoms with van der Waals surface area (Å²) >= 11 is 0. The largest absolute Gasteiger partial charge is 0.338 e. The Bertz CT molecular complexity index is 712. The van der Waals surface area contributed by atoms with Crippen LogP contribution in [0, 0.1) is 0 Å². The third-order valence-corrected chi connectivity index (χ3v) is 6.36. The van der Waals surface area contributed by atoms with Crippen molar-refractivity contribution < 1.29 is 13.2 Å². The Balaban J connectivity index is 0.00000261. The molecule has 2 fully saturated rings. The molecule has 0 aliphatic carbocycles. The molecular formula is C16H27ClN6O3S. The van der Waals surface area contributed by atoms with E-state index in [4.69, 9.17) is 0 Å². The third kappa shape index (κ3) is 5.74. The number of rotatable bonds is 6. The van der Waals surface area contributed by atoms with Crippen LogP contribution in [-0.2, 0) is 15.0 Å². The van der Waals surface area contributed by atoms with E-state index in [1.165, 1.54) is 0 Å². The maximum atomic E-state index is 12.0. The minimum absolute atomic E-state index is 0. The van der Waals surface area contributed by atoms with Gasteiger partial charge in [0.25, 0.3) is 0 Å². The zero-order chi connectivity index (χ0) is 18.6. The van der Waals surface area contributed by atoms with Crippen molar-refractivity contribution in [1.29, 1.82) is 0 Å². The average Bonchev–Trinajstić information content (AvgIpc) is 2.61. The van der Waals surface area contributed by atoms with E-state index in [2.05, 4.69) is 24.5 Å². The lowest BCUT2D eigenvalue weighted by Crippen LogP contribution is -2.54. The maximum absolute atomic E-state index is 12.0. The molecule has 11 heteroatoms. The minimum atomic E-state index is -3.67. The third-order valence-electron chi connectivity index (χ3n) is 4.69. The highest BCUT2D eigenvalue weighted by Gasteiger charge is 2.34. The van der Waals surface area contributed by atoms with E-state index >= 15 is 0 Å². The van der Waals surface area contributed by atoms with E-state index in [0.29, 0.717) is 6.42 Å². The van der Waals surface area contributed by atoms with Crippen molar-refractivity contribution in [2.45, 2.75) is 32.2 Å². The summed E-state index contributed by atoms with van der Waals surface area (Å²) in [6.45, 7) is 6.47. The predicted molar refractivity (Wildman–Crippen MR) is 105 cm³/mol. The number of amides is 1. The molecule has 2 aliphatic rings. The molecule has 0 radical (unpaired) electrons. The molecule has 1 N–H and O–H groups in total.